The van der Waals surface area contributed by atoms with Crippen LogP contribution in [0.5, 0.6) is 0 Å². The average Bonchev–Trinajstić information content (AvgIpc) is 3.41. The van der Waals surface area contributed by atoms with Gasteiger partial charge in [0.2, 0.25) is 5.91 Å². The third-order valence-electron chi connectivity index (χ3n) is 4.49. The molecule has 1 aromatic carbocycles. The van der Waals surface area contributed by atoms with E-state index in [1.165, 1.54) is 17.3 Å². The fraction of sp³-hybridized carbons (Fsp3) is 0.182. The predicted octanol–water partition coefficient (Wildman–Crippen LogP) is 4.42. The highest BCUT2D eigenvalue weighted by Crippen LogP contribution is 2.29. The number of thioether (sulfide) groups is 1. The first-order valence-corrected chi connectivity index (χ1v) is 11.3. The summed E-state index contributed by atoms with van der Waals surface area (Å²) in [4.78, 5) is 17.9. The lowest BCUT2D eigenvalue weighted by molar-refractivity contribution is -0.118. The summed E-state index contributed by atoms with van der Waals surface area (Å²) >= 11 is 3.00. The van der Waals surface area contributed by atoms with Gasteiger partial charge in [-0.15, -0.1) is 21.5 Å². The molecule has 1 amide bonds. The molecule has 0 saturated heterocycles. The fourth-order valence-corrected chi connectivity index (χ4v) is 4.50. The molecular weight excluding hydrogens is 414 g/mol. The number of amides is 1. The largest absolute Gasteiger partial charge is 0.350 e. The van der Waals surface area contributed by atoms with Gasteiger partial charge < -0.3 is 5.32 Å². The van der Waals surface area contributed by atoms with Gasteiger partial charge in [-0.2, -0.15) is 0 Å². The first-order valence-electron chi connectivity index (χ1n) is 9.48. The van der Waals surface area contributed by atoms with Crippen molar-refractivity contribution in [2.24, 2.45) is 0 Å². The normalized spacial score (nSPS) is 10.9. The Labute approximate surface area is 183 Å². The molecule has 3 aromatic heterocycles. The van der Waals surface area contributed by atoms with Gasteiger partial charge in [-0.3, -0.25) is 14.3 Å². The Hall–Kier alpha value is -2.97. The number of benzene rings is 1. The maximum atomic E-state index is 12.4. The molecule has 0 spiro atoms. The molecule has 0 aliphatic carbocycles. The Bertz CT molecular complexity index is 1140. The van der Waals surface area contributed by atoms with E-state index in [-0.39, 0.29) is 11.7 Å². The lowest BCUT2D eigenvalue weighted by Crippen LogP contribution is -2.24. The van der Waals surface area contributed by atoms with Gasteiger partial charge in [0.25, 0.3) is 0 Å². The lowest BCUT2D eigenvalue weighted by atomic mass is 10.1. The van der Waals surface area contributed by atoms with Crippen molar-refractivity contribution in [3.63, 3.8) is 0 Å². The zero-order valence-electron chi connectivity index (χ0n) is 16.7. The minimum atomic E-state index is -0.0389. The standard InChI is InChI=1S/C22H21N5OS2/c1-15-8-9-19(16(2)12-15)27-21(18-7-3-4-10-23-18)25-26-22(27)30-14-20(28)24-13-17-6-5-11-29-17/h3-12H,13-14H2,1-2H3,(H,24,28). The highest BCUT2D eigenvalue weighted by Gasteiger charge is 2.19. The molecule has 0 radical (unpaired) electrons. The predicted molar refractivity (Wildman–Crippen MR) is 121 cm³/mol. The number of thiophene rings is 1. The second kappa shape index (κ2) is 9.23. The molecule has 0 fully saturated rings. The second-order valence-corrected chi connectivity index (χ2v) is 8.77. The Morgan fingerprint density at radius 2 is 2.03 bits per heavy atom. The molecule has 0 aliphatic rings. The monoisotopic (exact) mass is 435 g/mol. The van der Waals surface area contributed by atoms with Crippen molar-refractivity contribution in [3.05, 3.63) is 76.1 Å². The van der Waals surface area contributed by atoms with Gasteiger partial charge in [-0.1, -0.05) is 41.6 Å². The maximum absolute atomic E-state index is 12.4. The third-order valence-corrected chi connectivity index (χ3v) is 6.30. The van der Waals surface area contributed by atoms with Crippen LogP contribution in [0.1, 0.15) is 16.0 Å². The summed E-state index contributed by atoms with van der Waals surface area (Å²) < 4.78 is 1.98. The summed E-state index contributed by atoms with van der Waals surface area (Å²) in [5.74, 6) is 0.878. The number of aromatic nitrogens is 4. The molecule has 8 heteroatoms. The van der Waals surface area contributed by atoms with Crippen molar-refractivity contribution >= 4 is 29.0 Å². The molecule has 0 atom stereocenters. The molecule has 1 N–H and O–H groups in total. The van der Waals surface area contributed by atoms with Gasteiger partial charge in [0.15, 0.2) is 11.0 Å². The SMILES string of the molecule is Cc1ccc(-n2c(SCC(=O)NCc3cccs3)nnc2-c2ccccn2)c(C)c1. The Morgan fingerprint density at radius 3 is 2.77 bits per heavy atom. The molecule has 0 bridgehead atoms. The molecule has 0 unspecified atom stereocenters. The first-order chi connectivity index (χ1) is 14.6. The summed E-state index contributed by atoms with van der Waals surface area (Å²) in [5, 5.41) is 14.4. The average molecular weight is 436 g/mol. The van der Waals surface area contributed by atoms with E-state index in [1.54, 1.807) is 17.5 Å². The van der Waals surface area contributed by atoms with E-state index in [0.717, 1.165) is 21.8 Å². The zero-order chi connectivity index (χ0) is 20.9. The number of carbonyl (C=O) groups is 1. The van der Waals surface area contributed by atoms with Crippen LogP contribution < -0.4 is 5.32 Å². The lowest BCUT2D eigenvalue weighted by Gasteiger charge is -2.13. The Kier molecular flexibility index (Phi) is 6.25. The highest BCUT2D eigenvalue weighted by atomic mass is 32.2. The van der Waals surface area contributed by atoms with Gasteiger partial charge >= 0.3 is 0 Å². The Balaban J connectivity index is 1.59. The number of aryl methyl sites for hydroxylation is 2. The molecule has 3 heterocycles. The minimum Gasteiger partial charge on any atom is -0.350 e. The molecule has 4 aromatic rings. The quantitative estimate of drug-likeness (QED) is 0.435. The van der Waals surface area contributed by atoms with E-state index in [2.05, 4.69) is 52.5 Å². The summed E-state index contributed by atoms with van der Waals surface area (Å²) in [7, 11) is 0. The third kappa shape index (κ3) is 4.60. The smallest absolute Gasteiger partial charge is 0.230 e. The molecular formula is C22H21N5OS2. The van der Waals surface area contributed by atoms with Crippen LogP contribution in [0.3, 0.4) is 0 Å². The van der Waals surface area contributed by atoms with Crippen molar-refractivity contribution in [2.45, 2.75) is 25.5 Å². The van der Waals surface area contributed by atoms with Crippen molar-refractivity contribution in [2.75, 3.05) is 5.75 Å². The molecule has 0 aliphatic heterocycles. The minimum absolute atomic E-state index is 0.0389. The van der Waals surface area contributed by atoms with Crippen LogP contribution >= 0.6 is 23.1 Å². The van der Waals surface area contributed by atoms with E-state index >= 15 is 0 Å². The highest BCUT2D eigenvalue weighted by molar-refractivity contribution is 7.99. The van der Waals surface area contributed by atoms with Crippen molar-refractivity contribution in [1.29, 1.82) is 0 Å². The summed E-state index contributed by atoms with van der Waals surface area (Å²) in [6, 6.07) is 15.9. The van der Waals surface area contributed by atoms with Crippen LogP contribution in [-0.4, -0.2) is 31.4 Å². The van der Waals surface area contributed by atoms with Crippen LogP contribution in [0, 0.1) is 13.8 Å². The van der Waals surface area contributed by atoms with Crippen LogP contribution in [0.4, 0.5) is 0 Å². The number of carbonyl (C=O) groups excluding carboxylic acids is 1. The van der Waals surface area contributed by atoms with Gasteiger partial charge in [0, 0.05) is 11.1 Å². The Morgan fingerprint density at radius 1 is 1.13 bits per heavy atom. The molecule has 30 heavy (non-hydrogen) atoms. The van der Waals surface area contributed by atoms with E-state index in [0.29, 0.717) is 17.5 Å². The molecule has 6 nitrogen and oxygen atoms in total. The molecule has 0 saturated carbocycles. The maximum Gasteiger partial charge on any atom is 0.230 e. The van der Waals surface area contributed by atoms with Crippen molar-refractivity contribution in [3.8, 4) is 17.2 Å². The number of hydrogen-bond acceptors (Lipinski definition) is 6. The second-order valence-electron chi connectivity index (χ2n) is 6.79. The zero-order valence-corrected chi connectivity index (χ0v) is 18.3. The number of nitrogens with one attached hydrogen (secondary N) is 1. The topological polar surface area (TPSA) is 72.7 Å². The van der Waals surface area contributed by atoms with E-state index in [4.69, 9.17) is 0 Å². The number of pyridine rings is 1. The van der Waals surface area contributed by atoms with Gasteiger partial charge in [-0.25, -0.2) is 0 Å². The van der Waals surface area contributed by atoms with Gasteiger partial charge in [0.05, 0.1) is 18.0 Å². The molecule has 152 valence electrons. The van der Waals surface area contributed by atoms with Crippen molar-refractivity contribution in [1.82, 2.24) is 25.1 Å². The summed E-state index contributed by atoms with van der Waals surface area (Å²) in [6.07, 6.45) is 1.74. The van der Waals surface area contributed by atoms with E-state index in [9.17, 15) is 4.79 Å². The van der Waals surface area contributed by atoms with E-state index in [1.807, 2.05) is 40.3 Å². The first kappa shape index (κ1) is 20.3. The van der Waals surface area contributed by atoms with Crippen LogP contribution in [0.25, 0.3) is 17.2 Å². The summed E-state index contributed by atoms with van der Waals surface area (Å²) in [5.41, 5.74) is 4.01. The van der Waals surface area contributed by atoms with Crippen LogP contribution in [0.15, 0.2) is 65.3 Å². The summed E-state index contributed by atoms with van der Waals surface area (Å²) in [6.45, 7) is 4.67. The van der Waals surface area contributed by atoms with E-state index < -0.39 is 0 Å². The van der Waals surface area contributed by atoms with Gasteiger partial charge in [-0.05, 0) is 49.1 Å². The van der Waals surface area contributed by atoms with Crippen LogP contribution in [0.2, 0.25) is 0 Å². The van der Waals surface area contributed by atoms with Crippen LogP contribution in [-0.2, 0) is 11.3 Å². The van der Waals surface area contributed by atoms with Crippen molar-refractivity contribution < 1.29 is 4.79 Å². The number of hydrogen-bond donors (Lipinski definition) is 1. The number of rotatable bonds is 7. The fourth-order valence-electron chi connectivity index (χ4n) is 3.08. The number of nitrogens with zero attached hydrogens (tertiary/aromatic N) is 4. The van der Waals surface area contributed by atoms with Gasteiger partial charge in [0.1, 0.15) is 5.69 Å². The molecule has 4 rings (SSSR count).